The third-order valence-electron chi connectivity index (χ3n) is 5.31. The van der Waals surface area contributed by atoms with Gasteiger partial charge in [0, 0.05) is 37.6 Å². The molecule has 0 bridgehead atoms. The topological polar surface area (TPSA) is 70.1 Å². The summed E-state index contributed by atoms with van der Waals surface area (Å²) in [5, 5.41) is 9.99. The largest absolute Gasteiger partial charge is 0.384 e. The number of carbonyl (C=O) groups excluding carboxylic acids is 1. The summed E-state index contributed by atoms with van der Waals surface area (Å²) in [7, 11) is 0. The summed E-state index contributed by atoms with van der Waals surface area (Å²) in [4.78, 5) is 17.2. The van der Waals surface area contributed by atoms with Crippen LogP contribution in [-0.2, 0) is 11.2 Å². The van der Waals surface area contributed by atoms with Crippen molar-refractivity contribution in [2.45, 2.75) is 38.5 Å². The van der Waals surface area contributed by atoms with Crippen LogP contribution in [0.4, 0.5) is 5.69 Å². The van der Waals surface area contributed by atoms with Crippen LogP contribution in [0.3, 0.4) is 0 Å². The molecule has 0 amide bonds. The molecule has 28 heavy (non-hydrogen) atoms. The maximum absolute atomic E-state index is 13.0. The van der Waals surface area contributed by atoms with Crippen molar-refractivity contribution in [1.29, 1.82) is 5.26 Å². The molecule has 0 fully saturated rings. The van der Waals surface area contributed by atoms with Crippen LogP contribution in [0.25, 0.3) is 0 Å². The van der Waals surface area contributed by atoms with Gasteiger partial charge in [-0.1, -0.05) is 22.9 Å². The van der Waals surface area contributed by atoms with E-state index >= 15 is 0 Å². The van der Waals surface area contributed by atoms with E-state index in [0.29, 0.717) is 17.8 Å². The number of carbonyl (C=O) groups is 1. The molecule has 0 saturated heterocycles. The second-order valence-electron chi connectivity index (χ2n) is 6.95. The Morgan fingerprint density at radius 3 is 2.64 bits per heavy atom. The Morgan fingerprint density at radius 2 is 2.00 bits per heavy atom. The summed E-state index contributed by atoms with van der Waals surface area (Å²) in [6, 6.07) is 14.2. The number of hydrogen-bond acceptors (Lipinski definition) is 5. The first-order chi connectivity index (χ1) is 13.5. The van der Waals surface area contributed by atoms with Crippen molar-refractivity contribution in [3.05, 3.63) is 73.3 Å². The predicted octanol–water partition coefficient (Wildman–Crippen LogP) is 5.38. The Hall–Kier alpha value is -2.36. The van der Waals surface area contributed by atoms with E-state index < -0.39 is 0 Å². The van der Waals surface area contributed by atoms with Gasteiger partial charge in [-0.2, -0.15) is 5.26 Å². The van der Waals surface area contributed by atoms with E-state index in [4.69, 9.17) is 5.73 Å². The number of ketones is 1. The van der Waals surface area contributed by atoms with E-state index in [1.807, 2.05) is 35.2 Å². The number of nitrogens with two attached hydrogens (primary N) is 1. The zero-order chi connectivity index (χ0) is 19.8. The number of hydrogen-bond donors (Lipinski definition) is 1. The van der Waals surface area contributed by atoms with Crippen LogP contribution in [0.1, 0.15) is 41.9 Å². The summed E-state index contributed by atoms with van der Waals surface area (Å²) in [6.45, 7) is 2.11. The van der Waals surface area contributed by atoms with Crippen LogP contribution in [0.5, 0.6) is 0 Å². The highest BCUT2D eigenvalue weighted by Gasteiger charge is 2.40. The highest BCUT2D eigenvalue weighted by atomic mass is 79.9. The fourth-order valence-corrected chi connectivity index (χ4v) is 5.33. The van der Waals surface area contributed by atoms with Crippen LogP contribution in [0.2, 0.25) is 0 Å². The number of thiophene rings is 1. The summed E-state index contributed by atoms with van der Waals surface area (Å²) >= 11 is 5.12. The van der Waals surface area contributed by atoms with E-state index in [2.05, 4.69) is 35.0 Å². The van der Waals surface area contributed by atoms with E-state index in [-0.39, 0.29) is 11.7 Å². The number of allylic oxidation sites excluding steroid dienone is 3. The molecule has 1 aromatic carbocycles. The minimum Gasteiger partial charge on any atom is -0.384 e. The Labute approximate surface area is 177 Å². The highest BCUT2D eigenvalue weighted by Crippen LogP contribution is 2.47. The average Bonchev–Trinajstić information content (AvgIpc) is 3.17. The summed E-state index contributed by atoms with van der Waals surface area (Å²) in [5.74, 6) is 0.194. The van der Waals surface area contributed by atoms with Crippen molar-refractivity contribution in [1.82, 2.24) is 0 Å². The van der Waals surface area contributed by atoms with Crippen molar-refractivity contribution in [3.8, 4) is 6.07 Å². The molecular weight excluding hydrogens is 434 g/mol. The molecule has 6 heteroatoms. The lowest BCUT2D eigenvalue weighted by Crippen LogP contribution is -2.38. The number of anilines is 1. The average molecular weight is 454 g/mol. The number of benzene rings is 1. The molecule has 2 N–H and O–H groups in total. The zero-order valence-electron chi connectivity index (χ0n) is 15.5. The van der Waals surface area contributed by atoms with Crippen LogP contribution in [0, 0.1) is 11.3 Å². The third-order valence-corrected chi connectivity index (χ3v) is 7.14. The van der Waals surface area contributed by atoms with Gasteiger partial charge in [0.1, 0.15) is 5.82 Å². The van der Waals surface area contributed by atoms with Crippen LogP contribution in [0.15, 0.2) is 63.5 Å². The van der Waals surface area contributed by atoms with E-state index in [9.17, 15) is 10.1 Å². The molecule has 4 nitrogen and oxygen atoms in total. The molecule has 2 heterocycles. The molecule has 142 valence electrons. The van der Waals surface area contributed by atoms with Crippen molar-refractivity contribution in [3.63, 3.8) is 0 Å². The normalized spacial score (nSPS) is 19.7. The van der Waals surface area contributed by atoms with Crippen molar-refractivity contribution < 1.29 is 4.79 Å². The SMILES string of the molecule is CCc1ccc([C@H]2C(C#N)=C(N)N(c3ccc(Br)cc3)C3=C2C(=O)CCC3)s1. The Morgan fingerprint density at radius 1 is 1.25 bits per heavy atom. The van der Waals surface area contributed by atoms with E-state index in [1.54, 1.807) is 11.3 Å². The number of nitrogens with zero attached hydrogens (tertiary/aromatic N) is 2. The second kappa shape index (κ2) is 7.57. The zero-order valence-corrected chi connectivity index (χ0v) is 17.9. The maximum Gasteiger partial charge on any atom is 0.161 e. The smallest absolute Gasteiger partial charge is 0.161 e. The highest BCUT2D eigenvalue weighted by molar-refractivity contribution is 9.10. The lowest BCUT2D eigenvalue weighted by molar-refractivity contribution is -0.116. The molecule has 4 rings (SSSR count). The molecular formula is C22H20BrN3OS. The minimum absolute atomic E-state index is 0.125. The number of rotatable bonds is 3. The molecule has 2 aliphatic rings. The first-order valence-corrected chi connectivity index (χ1v) is 11.0. The van der Waals surface area contributed by atoms with Crippen molar-refractivity contribution >= 4 is 38.7 Å². The fourth-order valence-electron chi connectivity index (χ4n) is 4.00. The standard InChI is InChI=1S/C22H20BrN3OS/c1-2-15-10-11-19(28-15)20-16(12-24)22(25)26(14-8-6-13(23)7-9-14)17-4-3-5-18(27)21(17)20/h6-11,20H,2-5,25H2,1H3/t20-/m1/s1. The molecule has 2 aromatic rings. The van der Waals surface area contributed by atoms with Gasteiger partial charge in [0.2, 0.25) is 0 Å². The van der Waals surface area contributed by atoms with Gasteiger partial charge in [-0.05, 0) is 55.7 Å². The van der Waals surface area contributed by atoms with Gasteiger partial charge in [-0.15, -0.1) is 11.3 Å². The van der Waals surface area contributed by atoms with Gasteiger partial charge < -0.3 is 5.73 Å². The van der Waals surface area contributed by atoms with Crippen LogP contribution >= 0.6 is 27.3 Å². The van der Waals surface area contributed by atoms with E-state index in [0.717, 1.165) is 45.6 Å². The van der Waals surface area contributed by atoms with Crippen molar-refractivity contribution in [2.24, 2.45) is 5.73 Å². The molecule has 1 aliphatic carbocycles. The molecule has 0 radical (unpaired) electrons. The number of nitriles is 1. The Bertz CT molecular complexity index is 1040. The summed E-state index contributed by atoms with van der Waals surface area (Å²) in [6.07, 6.45) is 3.04. The molecule has 1 atom stereocenters. The summed E-state index contributed by atoms with van der Waals surface area (Å²) < 4.78 is 0.966. The maximum atomic E-state index is 13.0. The Balaban J connectivity index is 1.93. The number of aryl methyl sites for hydroxylation is 1. The van der Waals surface area contributed by atoms with Crippen LogP contribution in [-0.4, -0.2) is 5.78 Å². The molecule has 1 aliphatic heterocycles. The fraction of sp³-hybridized carbons (Fsp3) is 0.273. The predicted molar refractivity (Wildman–Crippen MR) is 116 cm³/mol. The second-order valence-corrected chi connectivity index (χ2v) is 9.07. The number of Topliss-reactive ketones (excluding diaryl/α,β-unsaturated/α-hetero) is 1. The van der Waals surface area contributed by atoms with Gasteiger partial charge in [0.05, 0.1) is 17.6 Å². The third kappa shape index (κ3) is 3.09. The minimum atomic E-state index is -0.357. The molecule has 0 spiro atoms. The Kier molecular flexibility index (Phi) is 5.13. The monoisotopic (exact) mass is 453 g/mol. The molecule has 1 aromatic heterocycles. The molecule has 0 unspecified atom stereocenters. The lowest BCUT2D eigenvalue weighted by atomic mass is 9.78. The summed E-state index contributed by atoms with van der Waals surface area (Å²) in [5.41, 5.74) is 9.56. The number of halogens is 1. The van der Waals surface area contributed by atoms with Gasteiger partial charge in [0.25, 0.3) is 0 Å². The lowest BCUT2D eigenvalue weighted by Gasteiger charge is -2.39. The van der Waals surface area contributed by atoms with Gasteiger partial charge in [-0.3, -0.25) is 9.69 Å². The van der Waals surface area contributed by atoms with Crippen LogP contribution < -0.4 is 10.6 Å². The van der Waals surface area contributed by atoms with Gasteiger partial charge in [0.15, 0.2) is 5.78 Å². The first kappa shape index (κ1) is 19.0. The quantitative estimate of drug-likeness (QED) is 0.676. The van der Waals surface area contributed by atoms with Crippen molar-refractivity contribution in [2.75, 3.05) is 4.90 Å². The molecule has 0 saturated carbocycles. The van der Waals surface area contributed by atoms with E-state index in [1.165, 1.54) is 4.88 Å². The van der Waals surface area contributed by atoms with Gasteiger partial charge in [-0.25, -0.2) is 0 Å². The van der Waals surface area contributed by atoms with Gasteiger partial charge >= 0.3 is 0 Å². The first-order valence-electron chi connectivity index (χ1n) is 9.35.